The molecular weight excluding hydrogens is 220 g/mol. The lowest BCUT2D eigenvalue weighted by molar-refractivity contribution is 0.263. The van der Waals surface area contributed by atoms with Crippen molar-refractivity contribution >= 4 is 11.0 Å². The van der Waals surface area contributed by atoms with Crippen molar-refractivity contribution in [3.63, 3.8) is 0 Å². The van der Waals surface area contributed by atoms with Crippen molar-refractivity contribution in [3.05, 3.63) is 40.2 Å². The van der Waals surface area contributed by atoms with E-state index in [-0.39, 0.29) is 11.7 Å². The van der Waals surface area contributed by atoms with Crippen molar-refractivity contribution in [3.8, 4) is 5.75 Å². The Labute approximate surface area is 97.8 Å². The molecule has 1 atom stereocenters. The van der Waals surface area contributed by atoms with Gasteiger partial charge in [-0.2, -0.15) is 0 Å². The average Bonchev–Trinajstić information content (AvgIpc) is 3.09. The monoisotopic (exact) mass is 232 g/mol. The van der Waals surface area contributed by atoms with Gasteiger partial charge >= 0.3 is 5.63 Å². The predicted octanol–water partition coefficient (Wildman–Crippen LogP) is 1.88. The van der Waals surface area contributed by atoms with Gasteiger partial charge < -0.3 is 13.9 Å². The highest BCUT2D eigenvalue weighted by Gasteiger charge is 2.23. The summed E-state index contributed by atoms with van der Waals surface area (Å²) in [5.41, 5.74) is 1.13. The Morgan fingerprint density at radius 2 is 2.24 bits per heavy atom. The Morgan fingerprint density at radius 1 is 1.41 bits per heavy atom. The fourth-order valence-corrected chi connectivity index (χ4v) is 1.75. The molecule has 0 spiro atoms. The standard InChI is InChI=1S/C13H12O4/c1-8-4-13(14)17-12-5-9(2-3-11(8)12)15-6-10-7-16-10/h2-5,10H,6-7H2,1H3/t10-/m1/s1. The first-order chi connectivity index (χ1) is 8.22. The molecule has 0 bridgehead atoms. The van der Waals surface area contributed by atoms with Gasteiger partial charge in [-0.15, -0.1) is 0 Å². The van der Waals surface area contributed by atoms with E-state index in [9.17, 15) is 4.79 Å². The molecule has 1 aliphatic rings. The molecule has 2 aromatic rings. The molecule has 4 heteroatoms. The van der Waals surface area contributed by atoms with Crippen molar-refractivity contribution in [2.24, 2.45) is 0 Å². The third-order valence-electron chi connectivity index (χ3n) is 2.76. The molecule has 0 unspecified atom stereocenters. The highest BCUT2D eigenvalue weighted by Crippen LogP contribution is 2.23. The summed E-state index contributed by atoms with van der Waals surface area (Å²) in [4.78, 5) is 11.3. The van der Waals surface area contributed by atoms with Gasteiger partial charge in [0.15, 0.2) is 0 Å². The summed E-state index contributed by atoms with van der Waals surface area (Å²) in [5, 5.41) is 0.930. The number of benzene rings is 1. The summed E-state index contributed by atoms with van der Waals surface area (Å²) in [6.45, 7) is 3.20. The molecule has 1 aromatic heterocycles. The normalized spacial score (nSPS) is 18.3. The van der Waals surface area contributed by atoms with Crippen LogP contribution < -0.4 is 10.4 Å². The van der Waals surface area contributed by atoms with Gasteiger partial charge in [0.2, 0.25) is 0 Å². The molecule has 1 saturated heterocycles. The van der Waals surface area contributed by atoms with E-state index in [2.05, 4.69) is 0 Å². The van der Waals surface area contributed by atoms with Gasteiger partial charge in [-0.1, -0.05) is 0 Å². The lowest BCUT2D eigenvalue weighted by Gasteiger charge is -2.05. The molecule has 0 saturated carbocycles. The van der Waals surface area contributed by atoms with Crippen LogP contribution >= 0.6 is 0 Å². The van der Waals surface area contributed by atoms with Gasteiger partial charge in [0.1, 0.15) is 24.0 Å². The summed E-state index contributed by atoms with van der Waals surface area (Å²) in [6.07, 6.45) is 0.218. The first-order valence-corrected chi connectivity index (χ1v) is 5.51. The van der Waals surface area contributed by atoms with E-state index in [4.69, 9.17) is 13.9 Å². The van der Waals surface area contributed by atoms with Gasteiger partial charge in [-0.05, 0) is 24.6 Å². The maximum absolute atomic E-state index is 11.3. The van der Waals surface area contributed by atoms with Gasteiger partial charge in [-0.25, -0.2) is 4.79 Å². The molecule has 2 heterocycles. The quantitative estimate of drug-likeness (QED) is 0.599. The first kappa shape index (κ1) is 10.4. The van der Waals surface area contributed by atoms with Crippen molar-refractivity contribution in [2.75, 3.05) is 13.2 Å². The molecule has 0 aliphatic carbocycles. The van der Waals surface area contributed by atoms with Crippen LogP contribution in [0.5, 0.6) is 5.75 Å². The number of ether oxygens (including phenoxy) is 2. The zero-order chi connectivity index (χ0) is 11.8. The summed E-state index contributed by atoms with van der Waals surface area (Å²) in [6, 6.07) is 7.00. The van der Waals surface area contributed by atoms with Crippen molar-refractivity contribution in [2.45, 2.75) is 13.0 Å². The number of hydrogen-bond acceptors (Lipinski definition) is 4. The van der Waals surface area contributed by atoms with Crippen LogP contribution in [0.4, 0.5) is 0 Å². The van der Waals surface area contributed by atoms with Crippen LogP contribution in [-0.4, -0.2) is 19.3 Å². The average molecular weight is 232 g/mol. The molecule has 17 heavy (non-hydrogen) atoms. The molecule has 0 radical (unpaired) electrons. The van der Waals surface area contributed by atoms with Crippen LogP contribution in [0.25, 0.3) is 11.0 Å². The number of hydrogen-bond donors (Lipinski definition) is 0. The van der Waals surface area contributed by atoms with Crippen molar-refractivity contribution in [1.82, 2.24) is 0 Å². The topological polar surface area (TPSA) is 52.0 Å². The third-order valence-corrected chi connectivity index (χ3v) is 2.76. The van der Waals surface area contributed by atoms with Crippen LogP contribution in [0.1, 0.15) is 5.56 Å². The van der Waals surface area contributed by atoms with Crippen LogP contribution in [-0.2, 0) is 4.74 Å². The minimum Gasteiger partial charge on any atom is -0.491 e. The van der Waals surface area contributed by atoms with Gasteiger partial charge in [0.05, 0.1) is 6.61 Å². The smallest absolute Gasteiger partial charge is 0.336 e. The largest absolute Gasteiger partial charge is 0.491 e. The molecule has 1 aliphatic heterocycles. The molecule has 3 rings (SSSR count). The van der Waals surface area contributed by atoms with E-state index in [1.165, 1.54) is 6.07 Å². The van der Waals surface area contributed by atoms with Crippen molar-refractivity contribution in [1.29, 1.82) is 0 Å². The molecule has 4 nitrogen and oxygen atoms in total. The number of epoxide rings is 1. The van der Waals surface area contributed by atoms with E-state index in [0.717, 1.165) is 17.6 Å². The molecule has 1 aromatic carbocycles. The number of rotatable bonds is 3. The zero-order valence-corrected chi connectivity index (χ0v) is 9.43. The minimum absolute atomic E-state index is 0.218. The zero-order valence-electron chi connectivity index (χ0n) is 9.43. The second-order valence-corrected chi connectivity index (χ2v) is 4.17. The molecular formula is C13H12O4. The highest BCUT2D eigenvalue weighted by atomic mass is 16.6. The maximum Gasteiger partial charge on any atom is 0.336 e. The Balaban J connectivity index is 1.96. The van der Waals surface area contributed by atoms with E-state index in [1.807, 2.05) is 19.1 Å². The lowest BCUT2D eigenvalue weighted by Crippen LogP contribution is -2.04. The SMILES string of the molecule is Cc1cc(=O)oc2cc(OC[C@@H]3CO3)ccc12. The number of aryl methyl sites for hydroxylation is 1. The lowest BCUT2D eigenvalue weighted by atomic mass is 10.1. The maximum atomic E-state index is 11.3. The molecule has 88 valence electrons. The Morgan fingerprint density at radius 3 is 3.00 bits per heavy atom. The Bertz CT molecular complexity index is 610. The van der Waals surface area contributed by atoms with E-state index < -0.39 is 0 Å². The van der Waals surface area contributed by atoms with Crippen LogP contribution in [0.2, 0.25) is 0 Å². The van der Waals surface area contributed by atoms with Crippen LogP contribution in [0.15, 0.2) is 33.5 Å². The third kappa shape index (κ3) is 2.17. The second-order valence-electron chi connectivity index (χ2n) is 4.17. The fraction of sp³-hybridized carbons (Fsp3) is 0.308. The van der Waals surface area contributed by atoms with E-state index >= 15 is 0 Å². The summed E-state index contributed by atoms with van der Waals surface area (Å²) in [7, 11) is 0. The molecule has 0 N–H and O–H groups in total. The highest BCUT2D eigenvalue weighted by molar-refractivity contribution is 5.81. The first-order valence-electron chi connectivity index (χ1n) is 5.51. The van der Waals surface area contributed by atoms with Gasteiger partial charge in [0.25, 0.3) is 0 Å². The van der Waals surface area contributed by atoms with Gasteiger partial charge in [-0.3, -0.25) is 0 Å². The molecule has 1 fully saturated rings. The minimum atomic E-state index is -0.335. The summed E-state index contributed by atoms with van der Waals surface area (Å²) in [5.74, 6) is 0.696. The fourth-order valence-electron chi connectivity index (χ4n) is 1.75. The van der Waals surface area contributed by atoms with E-state index in [0.29, 0.717) is 17.9 Å². The van der Waals surface area contributed by atoms with E-state index in [1.54, 1.807) is 6.07 Å². The predicted molar refractivity (Wildman–Crippen MR) is 62.5 cm³/mol. The Hall–Kier alpha value is -1.81. The summed E-state index contributed by atoms with van der Waals surface area (Å²) < 4.78 is 15.7. The Kier molecular flexibility index (Phi) is 2.37. The van der Waals surface area contributed by atoms with Crippen molar-refractivity contribution < 1.29 is 13.9 Å². The second kappa shape index (κ2) is 3.89. The molecule has 0 amide bonds. The van der Waals surface area contributed by atoms with Crippen LogP contribution in [0.3, 0.4) is 0 Å². The number of fused-ring (bicyclic) bond motifs is 1. The summed E-state index contributed by atoms with van der Waals surface area (Å²) >= 11 is 0. The van der Waals surface area contributed by atoms with Crippen LogP contribution in [0, 0.1) is 6.92 Å². The van der Waals surface area contributed by atoms with Gasteiger partial charge in [0, 0.05) is 17.5 Å².